The minimum absolute atomic E-state index is 0.0362. The van der Waals surface area contributed by atoms with Crippen molar-refractivity contribution in [3.05, 3.63) is 58.1 Å². The molecule has 6 rings (SSSR count). The number of nitrogens with one attached hydrogen (secondary N) is 2. The molecule has 0 aromatic heterocycles. The molecule has 14 heteroatoms. The van der Waals surface area contributed by atoms with Gasteiger partial charge in [-0.3, -0.25) is 19.2 Å². The summed E-state index contributed by atoms with van der Waals surface area (Å²) in [5.41, 5.74) is 0.596. The lowest BCUT2D eigenvalue weighted by Gasteiger charge is -2.29. The first kappa shape index (κ1) is 33.7. The number of rotatable bonds is 11. The highest BCUT2D eigenvalue weighted by Crippen LogP contribution is 2.51. The second-order valence-electron chi connectivity index (χ2n) is 12.8. The SMILES string of the molecule is CCC(NC(=O)[C@@H]1C[C@@H](S(=O)(=O)c2ccc(N3CCOCC3)cc2Cl)CN1C(=O)C1(c2ccc(Cl)cc2)CC1)C(=O)C(=O)NC1CC1. The van der Waals surface area contributed by atoms with Crippen molar-refractivity contribution in [2.45, 2.75) is 79.1 Å². The Hall–Kier alpha value is -3.19. The molecule has 4 fully saturated rings. The number of benzene rings is 2. The molecular weight excluding hydrogens is 667 g/mol. The number of carbonyl (C=O) groups excluding carboxylic acids is 4. The number of hydrogen-bond donors (Lipinski definition) is 2. The zero-order valence-electron chi connectivity index (χ0n) is 26.0. The Labute approximate surface area is 284 Å². The lowest BCUT2D eigenvalue weighted by molar-refractivity contribution is -0.143. The van der Waals surface area contributed by atoms with E-state index in [9.17, 15) is 27.6 Å². The fraction of sp³-hybridized carbons (Fsp3) is 0.515. The topological polar surface area (TPSA) is 142 Å². The molecule has 2 heterocycles. The van der Waals surface area contributed by atoms with Gasteiger partial charge in [-0.2, -0.15) is 0 Å². The minimum Gasteiger partial charge on any atom is -0.378 e. The number of ether oxygens (including phenoxy) is 1. The summed E-state index contributed by atoms with van der Waals surface area (Å²) in [5.74, 6) is -2.59. The summed E-state index contributed by atoms with van der Waals surface area (Å²) >= 11 is 12.7. The zero-order chi connectivity index (χ0) is 33.5. The Morgan fingerprint density at radius 1 is 1.02 bits per heavy atom. The summed E-state index contributed by atoms with van der Waals surface area (Å²) in [6.45, 7) is 3.85. The molecule has 3 atom stereocenters. The van der Waals surface area contributed by atoms with Crippen LogP contribution < -0.4 is 15.5 Å². The Morgan fingerprint density at radius 2 is 1.70 bits per heavy atom. The maximum Gasteiger partial charge on any atom is 0.289 e. The number of Topliss-reactive ketones (excluding diaryl/α,β-unsaturated/α-hetero) is 1. The summed E-state index contributed by atoms with van der Waals surface area (Å²) in [6.07, 6.45) is 2.60. The van der Waals surface area contributed by atoms with E-state index in [4.69, 9.17) is 27.9 Å². The minimum atomic E-state index is -4.11. The van der Waals surface area contributed by atoms with E-state index in [0.29, 0.717) is 44.2 Å². The van der Waals surface area contributed by atoms with Crippen LogP contribution in [0.15, 0.2) is 47.4 Å². The van der Waals surface area contributed by atoms with E-state index in [2.05, 4.69) is 15.5 Å². The number of hydrogen-bond acceptors (Lipinski definition) is 8. The van der Waals surface area contributed by atoms with Gasteiger partial charge in [0.2, 0.25) is 17.6 Å². The second-order valence-corrected chi connectivity index (χ2v) is 15.8. The fourth-order valence-corrected chi connectivity index (χ4v) is 8.84. The van der Waals surface area contributed by atoms with Gasteiger partial charge in [-0.1, -0.05) is 42.3 Å². The monoisotopic (exact) mass is 704 g/mol. The van der Waals surface area contributed by atoms with Crippen molar-refractivity contribution in [2.75, 3.05) is 37.7 Å². The first-order valence-electron chi connectivity index (χ1n) is 16.0. The molecule has 0 spiro atoms. The van der Waals surface area contributed by atoms with Crippen molar-refractivity contribution in [1.29, 1.82) is 0 Å². The highest BCUT2D eigenvalue weighted by molar-refractivity contribution is 7.92. The second kappa shape index (κ2) is 13.4. The van der Waals surface area contributed by atoms with Crippen molar-refractivity contribution < 1.29 is 32.3 Å². The molecule has 2 aromatic carbocycles. The Balaban J connectivity index is 1.27. The van der Waals surface area contributed by atoms with Crippen molar-refractivity contribution in [3.8, 4) is 0 Å². The van der Waals surface area contributed by atoms with Gasteiger partial charge in [0.15, 0.2) is 9.84 Å². The van der Waals surface area contributed by atoms with Gasteiger partial charge in [-0.05, 0) is 74.4 Å². The van der Waals surface area contributed by atoms with Crippen LogP contribution in [0.1, 0.15) is 51.0 Å². The van der Waals surface area contributed by atoms with Gasteiger partial charge < -0.3 is 25.2 Å². The summed E-state index contributed by atoms with van der Waals surface area (Å²) in [7, 11) is -4.11. The first-order chi connectivity index (χ1) is 22.4. The van der Waals surface area contributed by atoms with Crippen LogP contribution in [-0.2, 0) is 39.2 Å². The number of ketones is 1. The van der Waals surface area contributed by atoms with Gasteiger partial charge >= 0.3 is 0 Å². The largest absolute Gasteiger partial charge is 0.378 e. The van der Waals surface area contributed by atoms with E-state index in [0.717, 1.165) is 24.1 Å². The van der Waals surface area contributed by atoms with Crippen molar-refractivity contribution in [1.82, 2.24) is 15.5 Å². The molecule has 2 saturated carbocycles. The predicted molar refractivity (Wildman–Crippen MR) is 176 cm³/mol. The number of morpholine rings is 1. The summed E-state index contributed by atoms with van der Waals surface area (Å²) in [6, 6.07) is 9.38. The number of anilines is 1. The Bertz CT molecular complexity index is 1670. The van der Waals surface area contributed by atoms with E-state index in [1.807, 2.05) is 0 Å². The highest BCUT2D eigenvalue weighted by atomic mass is 35.5. The van der Waals surface area contributed by atoms with E-state index >= 15 is 0 Å². The third-order valence-electron chi connectivity index (χ3n) is 9.60. The predicted octanol–water partition coefficient (Wildman–Crippen LogP) is 3.05. The molecule has 1 unspecified atom stereocenters. The molecule has 252 valence electrons. The normalized spacial score (nSPS) is 22.8. The maximum absolute atomic E-state index is 14.3. The van der Waals surface area contributed by atoms with Crippen LogP contribution in [0.3, 0.4) is 0 Å². The van der Waals surface area contributed by atoms with Gasteiger partial charge in [0, 0.05) is 36.4 Å². The van der Waals surface area contributed by atoms with E-state index in [-0.39, 0.29) is 41.3 Å². The fourth-order valence-electron chi connectivity index (χ4n) is 6.47. The van der Waals surface area contributed by atoms with Crippen LogP contribution in [0.2, 0.25) is 10.0 Å². The molecule has 2 saturated heterocycles. The Kier molecular flexibility index (Phi) is 9.59. The van der Waals surface area contributed by atoms with Crippen molar-refractivity contribution >= 4 is 62.2 Å². The zero-order valence-corrected chi connectivity index (χ0v) is 28.4. The Morgan fingerprint density at radius 3 is 2.30 bits per heavy atom. The standard InChI is InChI=1S/C33H38Cl2N4O7S/c1-2-26(29(40)31(42)36-22-7-8-22)37-30(41)27-18-24(19-39(27)32(43)33(11-12-33)20-3-5-21(34)6-4-20)47(44,45)28-10-9-23(17-25(28)35)38-13-15-46-16-14-38/h3-6,9-10,17,22,24,26-27H,2,7-8,11-16,18-19H2,1H3,(H,36,42)(H,37,41)/t24-,26?,27+/m1/s1. The van der Waals surface area contributed by atoms with Gasteiger partial charge in [-0.25, -0.2) is 8.42 Å². The van der Waals surface area contributed by atoms with Crippen LogP contribution in [0, 0.1) is 0 Å². The molecular formula is C33H38Cl2N4O7S. The first-order valence-corrected chi connectivity index (χ1v) is 18.3. The van der Waals surface area contributed by atoms with Crippen LogP contribution in [0.5, 0.6) is 0 Å². The average Bonchev–Trinajstić information content (AvgIpc) is 4.01. The molecule has 0 radical (unpaired) electrons. The lowest BCUT2D eigenvalue weighted by atomic mass is 9.94. The van der Waals surface area contributed by atoms with Crippen LogP contribution in [-0.4, -0.2) is 93.0 Å². The number of carbonyl (C=O) groups is 4. The van der Waals surface area contributed by atoms with Gasteiger partial charge in [0.1, 0.15) is 6.04 Å². The number of sulfone groups is 1. The quantitative estimate of drug-likeness (QED) is 0.340. The molecule has 2 N–H and O–H groups in total. The number of halogens is 2. The van der Waals surface area contributed by atoms with E-state index in [1.165, 1.54) is 11.0 Å². The summed E-state index contributed by atoms with van der Waals surface area (Å²) in [4.78, 5) is 56.9. The maximum atomic E-state index is 14.3. The van der Waals surface area contributed by atoms with E-state index in [1.54, 1.807) is 43.3 Å². The molecule has 2 aromatic rings. The average molecular weight is 706 g/mol. The molecule has 0 bridgehead atoms. The molecule has 3 amide bonds. The van der Waals surface area contributed by atoms with Gasteiger partial charge in [0.25, 0.3) is 5.91 Å². The molecule has 11 nitrogen and oxygen atoms in total. The van der Waals surface area contributed by atoms with Crippen LogP contribution in [0.4, 0.5) is 5.69 Å². The van der Waals surface area contributed by atoms with Gasteiger partial charge in [0.05, 0.1) is 39.8 Å². The molecule has 2 aliphatic heterocycles. The number of nitrogens with zero attached hydrogens (tertiary/aromatic N) is 2. The van der Waals surface area contributed by atoms with Crippen LogP contribution >= 0.6 is 23.2 Å². The smallest absolute Gasteiger partial charge is 0.289 e. The highest BCUT2D eigenvalue weighted by Gasteiger charge is 2.57. The van der Waals surface area contributed by atoms with Gasteiger partial charge in [-0.15, -0.1) is 0 Å². The third-order valence-corrected chi connectivity index (χ3v) is 12.5. The number of amides is 3. The van der Waals surface area contributed by atoms with E-state index < -0.39 is 50.2 Å². The van der Waals surface area contributed by atoms with Crippen molar-refractivity contribution in [2.24, 2.45) is 0 Å². The molecule has 2 aliphatic carbocycles. The summed E-state index contributed by atoms with van der Waals surface area (Å²) in [5, 5.41) is 4.74. The number of likely N-dealkylation sites (tertiary alicyclic amines) is 1. The third kappa shape index (κ3) is 6.88. The molecule has 4 aliphatic rings. The molecule has 47 heavy (non-hydrogen) atoms. The van der Waals surface area contributed by atoms with Crippen LogP contribution in [0.25, 0.3) is 0 Å². The summed E-state index contributed by atoms with van der Waals surface area (Å²) < 4.78 is 33.7. The lowest BCUT2D eigenvalue weighted by Crippen LogP contribution is -2.54. The van der Waals surface area contributed by atoms with Crippen molar-refractivity contribution in [3.63, 3.8) is 0 Å².